The first kappa shape index (κ1) is 19.4. The number of nitrogens with one attached hydrogen (secondary N) is 1. The van der Waals surface area contributed by atoms with Crippen LogP contribution in [-0.2, 0) is 14.3 Å². The summed E-state index contributed by atoms with van der Waals surface area (Å²) in [4.78, 5) is 23.5. The molecule has 0 bridgehead atoms. The van der Waals surface area contributed by atoms with Crippen molar-refractivity contribution in [3.63, 3.8) is 0 Å². The Labute approximate surface area is 152 Å². The SMILES string of the molecule is CCC(C)c1ccc(NC(=O)COC(=O)C=Cc2ccc(F)cc2)cc1. The highest BCUT2D eigenvalue weighted by atomic mass is 19.1. The number of amides is 1. The maximum atomic E-state index is 12.8. The van der Waals surface area contributed by atoms with Gasteiger partial charge in [-0.15, -0.1) is 0 Å². The van der Waals surface area contributed by atoms with Crippen molar-refractivity contribution in [1.82, 2.24) is 0 Å². The highest BCUT2D eigenvalue weighted by molar-refractivity contribution is 5.94. The fourth-order valence-electron chi connectivity index (χ4n) is 2.25. The summed E-state index contributed by atoms with van der Waals surface area (Å²) in [5.41, 5.74) is 2.53. The first-order chi connectivity index (χ1) is 12.5. The van der Waals surface area contributed by atoms with E-state index in [-0.39, 0.29) is 12.4 Å². The molecule has 0 aliphatic carbocycles. The van der Waals surface area contributed by atoms with Gasteiger partial charge < -0.3 is 10.1 Å². The lowest BCUT2D eigenvalue weighted by atomic mass is 9.99. The summed E-state index contributed by atoms with van der Waals surface area (Å²) in [5, 5.41) is 2.68. The van der Waals surface area contributed by atoms with Crippen molar-refractivity contribution in [1.29, 1.82) is 0 Å². The van der Waals surface area contributed by atoms with E-state index in [0.717, 1.165) is 6.42 Å². The number of hydrogen-bond donors (Lipinski definition) is 1. The van der Waals surface area contributed by atoms with Gasteiger partial charge in [-0.25, -0.2) is 9.18 Å². The van der Waals surface area contributed by atoms with Crippen LogP contribution in [0, 0.1) is 5.82 Å². The Kier molecular flexibility index (Phi) is 7.09. The van der Waals surface area contributed by atoms with Crippen LogP contribution in [0.4, 0.5) is 10.1 Å². The van der Waals surface area contributed by atoms with Crippen LogP contribution in [0.3, 0.4) is 0 Å². The van der Waals surface area contributed by atoms with E-state index in [1.54, 1.807) is 0 Å². The van der Waals surface area contributed by atoms with E-state index < -0.39 is 11.9 Å². The van der Waals surface area contributed by atoms with Gasteiger partial charge >= 0.3 is 5.97 Å². The number of carbonyl (C=O) groups excluding carboxylic acids is 2. The topological polar surface area (TPSA) is 55.4 Å². The molecule has 0 saturated carbocycles. The van der Waals surface area contributed by atoms with E-state index in [1.807, 2.05) is 24.3 Å². The molecular formula is C21H22FNO3. The molecule has 1 amide bonds. The van der Waals surface area contributed by atoms with Crippen molar-refractivity contribution in [2.24, 2.45) is 0 Å². The van der Waals surface area contributed by atoms with Crippen LogP contribution < -0.4 is 5.32 Å². The van der Waals surface area contributed by atoms with Crippen LogP contribution >= 0.6 is 0 Å². The van der Waals surface area contributed by atoms with Gasteiger partial charge in [0.2, 0.25) is 0 Å². The lowest BCUT2D eigenvalue weighted by Gasteiger charge is -2.10. The van der Waals surface area contributed by atoms with Crippen molar-refractivity contribution in [3.8, 4) is 0 Å². The average Bonchev–Trinajstić information content (AvgIpc) is 2.66. The number of benzene rings is 2. The number of ether oxygens (including phenoxy) is 1. The van der Waals surface area contributed by atoms with Crippen molar-refractivity contribution in [2.45, 2.75) is 26.2 Å². The maximum Gasteiger partial charge on any atom is 0.331 e. The molecule has 0 heterocycles. The molecule has 0 aromatic heterocycles. The third-order valence-electron chi connectivity index (χ3n) is 4.00. The lowest BCUT2D eigenvalue weighted by molar-refractivity contribution is -0.142. The number of halogens is 1. The van der Waals surface area contributed by atoms with Crippen LogP contribution in [0.25, 0.3) is 6.08 Å². The average molecular weight is 355 g/mol. The molecule has 136 valence electrons. The minimum Gasteiger partial charge on any atom is -0.452 e. The molecule has 1 N–H and O–H groups in total. The quantitative estimate of drug-likeness (QED) is 0.586. The predicted molar refractivity (Wildman–Crippen MR) is 100 cm³/mol. The Hall–Kier alpha value is -2.95. The van der Waals surface area contributed by atoms with E-state index in [4.69, 9.17) is 4.74 Å². The van der Waals surface area contributed by atoms with Gasteiger partial charge in [0.15, 0.2) is 6.61 Å². The molecule has 0 spiro atoms. The van der Waals surface area contributed by atoms with Crippen molar-refractivity contribution >= 4 is 23.6 Å². The number of rotatable bonds is 7. The fraction of sp³-hybridized carbons (Fsp3) is 0.238. The number of esters is 1. The van der Waals surface area contributed by atoms with Crippen molar-refractivity contribution in [2.75, 3.05) is 11.9 Å². The normalized spacial score (nSPS) is 12.0. The molecule has 0 fully saturated rings. The molecule has 2 rings (SSSR count). The predicted octanol–water partition coefficient (Wildman–Crippen LogP) is 4.53. The molecule has 1 atom stereocenters. The summed E-state index contributed by atoms with van der Waals surface area (Å²) in [6.07, 6.45) is 3.74. The van der Waals surface area contributed by atoms with E-state index >= 15 is 0 Å². The maximum absolute atomic E-state index is 12.8. The largest absolute Gasteiger partial charge is 0.452 e. The molecule has 5 heteroatoms. The van der Waals surface area contributed by atoms with Crippen molar-refractivity contribution in [3.05, 3.63) is 71.6 Å². The Balaban J connectivity index is 1.79. The second-order valence-electron chi connectivity index (χ2n) is 5.97. The second kappa shape index (κ2) is 9.51. The molecule has 0 radical (unpaired) electrons. The van der Waals surface area contributed by atoms with Crippen LogP contribution in [0.15, 0.2) is 54.6 Å². The van der Waals surface area contributed by atoms with E-state index in [2.05, 4.69) is 19.2 Å². The summed E-state index contributed by atoms with van der Waals surface area (Å²) in [6, 6.07) is 13.3. The first-order valence-electron chi connectivity index (χ1n) is 8.48. The van der Waals surface area contributed by atoms with Gasteiger partial charge in [-0.05, 0) is 53.8 Å². The summed E-state index contributed by atoms with van der Waals surface area (Å²) in [5.74, 6) is -0.936. The highest BCUT2D eigenvalue weighted by Gasteiger charge is 2.07. The number of carbonyl (C=O) groups is 2. The van der Waals surface area contributed by atoms with Crippen LogP contribution in [0.1, 0.15) is 37.3 Å². The zero-order valence-corrected chi connectivity index (χ0v) is 14.9. The molecule has 0 saturated heterocycles. The molecule has 26 heavy (non-hydrogen) atoms. The molecule has 1 unspecified atom stereocenters. The summed E-state index contributed by atoms with van der Waals surface area (Å²) in [7, 11) is 0. The summed E-state index contributed by atoms with van der Waals surface area (Å²) >= 11 is 0. The second-order valence-corrected chi connectivity index (χ2v) is 5.97. The molecular weight excluding hydrogens is 333 g/mol. The number of hydrogen-bond acceptors (Lipinski definition) is 3. The molecule has 2 aromatic rings. The minimum atomic E-state index is -0.642. The smallest absolute Gasteiger partial charge is 0.331 e. The standard InChI is InChI=1S/C21H22FNO3/c1-3-15(2)17-7-11-19(12-8-17)23-20(24)14-26-21(25)13-6-16-4-9-18(22)10-5-16/h4-13,15H,3,14H2,1-2H3,(H,23,24). The van der Waals surface area contributed by atoms with Gasteiger partial charge in [0.05, 0.1) is 0 Å². The van der Waals surface area contributed by atoms with E-state index in [1.165, 1.54) is 42.0 Å². The zero-order chi connectivity index (χ0) is 18.9. The Morgan fingerprint density at radius 3 is 2.38 bits per heavy atom. The zero-order valence-electron chi connectivity index (χ0n) is 14.9. The summed E-state index contributed by atoms with van der Waals surface area (Å²) < 4.78 is 17.7. The van der Waals surface area contributed by atoms with Gasteiger partial charge in [0.25, 0.3) is 5.91 Å². The van der Waals surface area contributed by atoms with Crippen LogP contribution in [0.2, 0.25) is 0 Å². The van der Waals surface area contributed by atoms with E-state index in [0.29, 0.717) is 17.2 Å². The molecule has 2 aromatic carbocycles. The molecule has 4 nitrogen and oxygen atoms in total. The van der Waals surface area contributed by atoms with Gasteiger partial charge in [0.1, 0.15) is 5.82 Å². The first-order valence-corrected chi connectivity index (χ1v) is 8.48. The molecule has 0 aliphatic rings. The summed E-state index contributed by atoms with van der Waals surface area (Å²) in [6.45, 7) is 3.89. The molecule has 0 aliphatic heterocycles. The third-order valence-corrected chi connectivity index (χ3v) is 4.00. The Morgan fingerprint density at radius 1 is 1.12 bits per heavy atom. The lowest BCUT2D eigenvalue weighted by Crippen LogP contribution is -2.20. The van der Waals surface area contributed by atoms with Crippen LogP contribution in [-0.4, -0.2) is 18.5 Å². The van der Waals surface area contributed by atoms with Gasteiger partial charge in [0, 0.05) is 11.8 Å². The Morgan fingerprint density at radius 2 is 1.77 bits per heavy atom. The monoisotopic (exact) mass is 355 g/mol. The van der Waals surface area contributed by atoms with E-state index in [9.17, 15) is 14.0 Å². The van der Waals surface area contributed by atoms with Gasteiger partial charge in [-0.3, -0.25) is 4.79 Å². The van der Waals surface area contributed by atoms with Crippen LogP contribution in [0.5, 0.6) is 0 Å². The Bertz CT molecular complexity index is 767. The minimum absolute atomic E-state index is 0.349. The van der Waals surface area contributed by atoms with Gasteiger partial charge in [-0.1, -0.05) is 38.1 Å². The van der Waals surface area contributed by atoms with Gasteiger partial charge in [-0.2, -0.15) is 0 Å². The third kappa shape index (κ3) is 6.16. The fourth-order valence-corrected chi connectivity index (χ4v) is 2.25. The highest BCUT2D eigenvalue weighted by Crippen LogP contribution is 2.20. The van der Waals surface area contributed by atoms with Crippen molar-refractivity contribution < 1.29 is 18.7 Å². The number of anilines is 1.